The van der Waals surface area contributed by atoms with Crippen LogP contribution in [-0.2, 0) is 14.8 Å². The summed E-state index contributed by atoms with van der Waals surface area (Å²) in [5.41, 5.74) is 1.15. The Bertz CT molecular complexity index is 955. The van der Waals surface area contributed by atoms with Crippen LogP contribution < -0.4 is 4.31 Å². The molecule has 1 saturated heterocycles. The molecular weight excluding hydrogens is 390 g/mol. The molecule has 0 aliphatic carbocycles. The molecule has 0 saturated carbocycles. The first-order valence-electron chi connectivity index (χ1n) is 8.39. The fourth-order valence-corrected chi connectivity index (χ4v) is 4.51. The van der Waals surface area contributed by atoms with Gasteiger partial charge >= 0.3 is 5.97 Å². The Labute approximate surface area is 162 Å². The molecule has 2 aromatic carbocycles. The van der Waals surface area contributed by atoms with E-state index in [4.69, 9.17) is 16.3 Å². The number of carbonyl (C=O) groups is 2. The van der Waals surface area contributed by atoms with Crippen molar-refractivity contribution < 1.29 is 22.7 Å². The van der Waals surface area contributed by atoms with E-state index in [1.54, 1.807) is 36.4 Å². The quantitative estimate of drug-likeness (QED) is 0.561. The number of Topliss-reactive ketones (excluding diaryl/α,β-unsaturated/α-hetero) is 1. The highest BCUT2D eigenvalue weighted by Gasteiger charge is 2.28. The monoisotopic (exact) mass is 407 g/mol. The summed E-state index contributed by atoms with van der Waals surface area (Å²) in [4.78, 5) is 24.6. The van der Waals surface area contributed by atoms with Crippen molar-refractivity contribution in [3.63, 3.8) is 0 Å². The minimum Gasteiger partial charge on any atom is -0.451 e. The van der Waals surface area contributed by atoms with Crippen molar-refractivity contribution in [2.45, 2.75) is 19.4 Å². The molecule has 0 radical (unpaired) electrons. The van der Waals surface area contributed by atoms with Gasteiger partial charge in [-0.3, -0.25) is 9.10 Å². The lowest BCUT2D eigenvalue weighted by Crippen LogP contribution is -2.25. The van der Waals surface area contributed by atoms with Gasteiger partial charge in [-0.25, -0.2) is 13.2 Å². The number of ketones is 1. The van der Waals surface area contributed by atoms with Crippen LogP contribution in [0.2, 0.25) is 5.02 Å². The van der Waals surface area contributed by atoms with Crippen LogP contribution in [0.25, 0.3) is 0 Å². The van der Waals surface area contributed by atoms with Gasteiger partial charge in [-0.1, -0.05) is 11.6 Å². The van der Waals surface area contributed by atoms with E-state index < -0.39 is 22.1 Å². The highest BCUT2D eigenvalue weighted by atomic mass is 35.5. The van der Waals surface area contributed by atoms with Crippen LogP contribution in [0.4, 0.5) is 5.69 Å². The van der Waals surface area contributed by atoms with Crippen molar-refractivity contribution in [1.29, 1.82) is 0 Å². The van der Waals surface area contributed by atoms with Crippen LogP contribution in [0.3, 0.4) is 0 Å². The normalized spacial score (nSPS) is 16.7. The van der Waals surface area contributed by atoms with Crippen LogP contribution in [0.1, 0.15) is 34.1 Å². The van der Waals surface area contributed by atoms with E-state index in [2.05, 4.69) is 0 Å². The second-order valence-corrected chi connectivity index (χ2v) is 8.66. The average molecular weight is 408 g/mol. The van der Waals surface area contributed by atoms with Crippen LogP contribution in [-0.4, -0.2) is 38.6 Å². The van der Waals surface area contributed by atoms with E-state index in [1.807, 2.05) is 0 Å². The fourth-order valence-electron chi connectivity index (χ4n) is 2.82. The number of sulfonamides is 1. The van der Waals surface area contributed by atoms with Gasteiger partial charge < -0.3 is 4.74 Å². The first kappa shape index (κ1) is 19.4. The number of carbonyl (C=O) groups excluding carboxylic acids is 2. The van der Waals surface area contributed by atoms with E-state index in [0.29, 0.717) is 29.2 Å². The van der Waals surface area contributed by atoms with E-state index >= 15 is 0 Å². The molecule has 0 N–H and O–H groups in total. The van der Waals surface area contributed by atoms with Gasteiger partial charge in [0.15, 0.2) is 6.10 Å². The fraction of sp³-hybridized carbons (Fsp3) is 0.263. The van der Waals surface area contributed by atoms with Gasteiger partial charge in [0.1, 0.15) is 0 Å². The highest BCUT2D eigenvalue weighted by molar-refractivity contribution is 7.93. The molecule has 1 unspecified atom stereocenters. The summed E-state index contributed by atoms with van der Waals surface area (Å²) in [6, 6.07) is 12.4. The number of rotatable bonds is 5. The predicted octanol–water partition coefficient (Wildman–Crippen LogP) is 3.31. The Morgan fingerprint density at radius 1 is 1.04 bits per heavy atom. The Kier molecular flexibility index (Phi) is 5.53. The number of nitrogens with zero attached hydrogens (tertiary/aromatic N) is 1. The van der Waals surface area contributed by atoms with Gasteiger partial charge in [0.25, 0.3) is 0 Å². The molecule has 1 aliphatic heterocycles. The Morgan fingerprint density at radius 3 is 2.19 bits per heavy atom. The molecule has 0 spiro atoms. The predicted molar refractivity (Wildman–Crippen MR) is 103 cm³/mol. The van der Waals surface area contributed by atoms with Crippen LogP contribution in [0, 0.1) is 0 Å². The lowest BCUT2D eigenvalue weighted by Gasteiger charge is -2.17. The molecule has 0 bridgehead atoms. The molecular formula is C19H18ClNO5S. The molecule has 0 aromatic heterocycles. The molecule has 27 heavy (non-hydrogen) atoms. The maximum absolute atomic E-state index is 12.3. The smallest absolute Gasteiger partial charge is 0.338 e. The molecule has 8 heteroatoms. The molecule has 1 atom stereocenters. The summed E-state index contributed by atoms with van der Waals surface area (Å²) in [7, 11) is -3.27. The Morgan fingerprint density at radius 2 is 1.63 bits per heavy atom. The summed E-state index contributed by atoms with van der Waals surface area (Å²) in [6.07, 6.45) is -0.381. The van der Waals surface area contributed by atoms with Crippen molar-refractivity contribution in [3.05, 3.63) is 64.7 Å². The number of hydrogen-bond donors (Lipinski definition) is 0. The summed E-state index contributed by atoms with van der Waals surface area (Å²) < 4.78 is 30.5. The van der Waals surface area contributed by atoms with Crippen molar-refractivity contribution >= 4 is 39.1 Å². The third-order valence-corrected chi connectivity index (χ3v) is 6.39. The van der Waals surface area contributed by atoms with Crippen molar-refractivity contribution in [1.82, 2.24) is 0 Å². The lowest BCUT2D eigenvalue weighted by atomic mass is 10.1. The lowest BCUT2D eigenvalue weighted by molar-refractivity contribution is 0.0319. The van der Waals surface area contributed by atoms with Gasteiger partial charge in [-0.2, -0.15) is 0 Å². The summed E-state index contributed by atoms with van der Waals surface area (Å²) in [5, 5.41) is 0.510. The number of esters is 1. The SMILES string of the molecule is CC(OC(=O)c1ccc(N2CCCS2(=O)=O)cc1)C(=O)c1ccc(Cl)cc1. The molecule has 2 aromatic rings. The van der Waals surface area contributed by atoms with E-state index in [9.17, 15) is 18.0 Å². The van der Waals surface area contributed by atoms with Crippen LogP contribution >= 0.6 is 11.6 Å². The van der Waals surface area contributed by atoms with Crippen LogP contribution in [0.15, 0.2) is 48.5 Å². The van der Waals surface area contributed by atoms with E-state index in [0.717, 1.165) is 0 Å². The first-order valence-corrected chi connectivity index (χ1v) is 10.4. The number of ether oxygens (including phenoxy) is 1. The number of anilines is 1. The standard InChI is InChI=1S/C19H18ClNO5S/c1-13(18(22)14-3-7-16(20)8-4-14)26-19(23)15-5-9-17(10-6-15)21-11-2-12-27(21,24)25/h3-10,13H,2,11-12H2,1H3. The third kappa shape index (κ3) is 4.31. The second kappa shape index (κ2) is 7.70. The first-order chi connectivity index (χ1) is 12.8. The van der Waals surface area contributed by atoms with Gasteiger partial charge in [0, 0.05) is 17.1 Å². The molecule has 3 rings (SSSR count). The molecule has 0 amide bonds. The van der Waals surface area contributed by atoms with Crippen molar-refractivity contribution in [2.75, 3.05) is 16.6 Å². The number of benzene rings is 2. The maximum atomic E-state index is 12.3. The Hall–Kier alpha value is -2.38. The molecule has 142 valence electrons. The van der Waals surface area contributed by atoms with Gasteiger partial charge in [-0.15, -0.1) is 0 Å². The number of halogens is 1. The molecule has 1 heterocycles. The topological polar surface area (TPSA) is 80.8 Å². The van der Waals surface area contributed by atoms with Gasteiger partial charge in [0.05, 0.1) is 17.0 Å². The molecule has 1 fully saturated rings. The summed E-state index contributed by atoms with van der Waals surface area (Å²) >= 11 is 5.80. The van der Waals surface area contributed by atoms with Gasteiger partial charge in [-0.05, 0) is 61.9 Å². The minimum absolute atomic E-state index is 0.126. The zero-order valence-electron chi connectivity index (χ0n) is 14.6. The second-order valence-electron chi connectivity index (χ2n) is 6.21. The van der Waals surface area contributed by atoms with E-state index in [1.165, 1.54) is 23.4 Å². The zero-order valence-corrected chi connectivity index (χ0v) is 16.2. The summed E-state index contributed by atoms with van der Waals surface area (Å²) in [5.74, 6) is -0.860. The number of hydrogen-bond acceptors (Lipinski definition) is 5. The van der Waals surface area contributed by atoms with E-state index in [-0.39, 0.29) is 17.1 Å². The summed E-state index contributed by atoms with van der Waals surface area (Å²) in [6.45, 7) is 1.93. The van der Waals surface area contributed by atoms with Crippen molar-refractivity contribution in [2.24, 2.45) is 0 Å². The Balaban J connectivity index is 1.67. The van der Waals surface area contributed by atoms with Gasteiger partial charge in [0.2, 0.25) is 15.8 Å². The highest BCUT2D eigenvalue weighted by Crippen LogP contribution is 2.24. The third-order valence-electron chi connectivity index (χ3n) is 4.27. The van der Waals surface area contributed by atoms with Crippen LogP contribution in [0.5, 0.6) is 0 Å². The average Bonchev–Trinajstić information content (AvgIpc) is 3.01. The molecule has 1 aliphatic rings. The maximum Gasteiger partial charge on any atom is 0.338 e. The zero-order chi connectivity index (χ0) is 19.6. The molecule has 6 nitrogen and oxygen atoms in total. The minimum atomic E-state index is -3.27. The van der Waals surface area contributed by atoms with Crippen molar-refractivity contribution in [3.8, 4) is 0 Å². The largest absolute Gasteiger partial charge is 0.451 e.